The predicted molar refractivity (Wildman–Crippen MR) is 50.7 cm³/mol. The highest BCUT2D eigenvalue weighted by Gasteiger charge is 2.03. The Hall–Kier alpha value is -0.200. The summed E-state index contributed by atoms with van der Waals surface area (Å²) < 4.78 is 0. The third-order valence-electron chi connectivity index (χ3n) is 1.29. The molecule has 0 radical (unpaired) electrons. The molecule has 0 aliphatic heterocycles. The molecule has 1 N–H and O–H groups in total. The van der Waals surface area contributed by atoms with Gasteiger partial charge in [0.15, 0.2) is 0 Å². The van der Waals surface area contributed by atoms with Crippen LogP contribution in [0.25, 0.3) is 0 Å². The molecule has 0 bridgehead atoms. The SMILES string of the molecule is CCCNC(C#N)CSCC. The monoisotopic (exact) mass is 172 g/mol. The van der Waals surface area contributed by atoms with Gasteiger partial charge in [0.05, 0.1) is 6.07 Å². The lowest BCUT2D eigenvalue weighted by molar-refractivity contribution is 0.638. The predicted octanol–water partition coefficient (Wildman–Crippen LogP) is 1.63. The Kier molecular flexibility index (Phi) is 7.76. The molecule has 2 nitrogen and oxygen atoms in total. The van der Waals surface area contributed by atoms with Gasteiger partial charge < -0.3 is 5.32 Å². The Bertz CT molecular complexity index is 112. The normalized spacial score (nSPS) is 12.5. The molecule has 0 rings (SSSR count). The minimum atomic E-state index is 0.0416. The van der Waals surface area contributed by atoms with Crippen molar-refractivity contribution in [3.8, 4) is 6.07 Å². The Morgan fingerprint density at radius 2 is 2.27 bits per heavy atom. The highest BCUT2D eigenvalue weighted by Crippen LogP contribution is 2.00. The third-order valence-corrected chi connectivity index (χ3v) is 2.26. The van der Waals surface area contributed by atoms with E-state index in [9.17, 15) is 0 Å². The minimum Gasteiger partial charge on any atom is -0.301 e. The lowest BCUT2D eigenvalue weighted by atomic mass is 10.3. The van der Waals surface area contributed by atoms with E-state index in [2.05, 4.69) is 25.2 Å². The Morgan fingerprint density at radius 3 is 2.73 bits per heavy atom. The highest BCUT2D eigenvalue weighted by molar-refractivity contribution is 7.99. The highest BCUT2D eigenvalue weighted by atomic mass is 32.2. The maximum absolute atomic E-state index is 8.65. The van der Waals surface area contributed by atoms with Crippen LogP contribution in [0.3, 0.4) is 0 Å². The summed E-state index contributed by atoms with van der Waals surface area (Å²) in [6, 6.07) is 2.28. The number of thioether (sulfide) groups is 1. The van der Waals surface area contributed by atoms with Gasteiger partial charge in [-0.1, -0.05) is 13.8 Å². The van der Waals surface area contributed by atoms with Crippen molar-refractivity contribution in [2.45, 2.75) is 26.3 Å². The second-order valence-corrected chi connectivity index (χ2v) is 3.61. The fourth-order valence-corrected chi connectivity index (χ4v) is 1.36. The number of nitrogens with one attached hydrogen (secondary N) is 1. The molecule has 64 valence electrons. The topological polar surface area (TPSA) is 35.8 Å². The zero-order valence-corrected chi connectivity index (χ0v) is 8.08. The van der Waals surface area contributed by atoms with E-state index in [0.29, 0.717) is 0 Å². The van der Waals surface area contributed by atoms with Crippen LogP contribution in [0.15, 0.2) is 0 Å². The van der Waals surface area contributed by atoms with Crippen molar-refractivity contribution in [1.82, 2.24) is 5.32 Å². The molecule has 3 heteroatoms. The van der Waals surface area contributed by atoms with Crippen molar-refractivity contribution in [3.63, 3.8) is 0 Å². The van der Waals surface area contributed by atoms with E-state index < -0.39 is 0 Å². The average Bonchev–Trinajstić information content (AvgIpc) is 2.05. The Morgan fingerprint density at radius 1 is 1.55 bits per heavy atom. The van der Waals surface area contributed by atoms with Crippen LogP contribution < -0.4 is 5.32 Å². The maximum Gasteiger partial charge on any atom is 0.104 e. The lowest BCUT2D eigenvalue weighted by Crippen LogP contribution is -2.30. The molecule has 11 heavy (non-hydrogen) atoms. The molecule has 0 amide bonds. The van der Waals surface area contributed by atoms with Crippen molar-refractivity contribution in [2.75, 3.05) is 18.1 Å². The summed E-state index contributed by atoms with van der Waals surface area (Å²) in [5, 5.41) is 11.8. The van der Waals surface area contributed by atoms with Gasteiger partial charge in [0.1, 0.15) is 6.04 Å². The van der Waals surface area contributed by atoms with Crippen molar-refractivity contribution < 1.29 is 0 Å². The third kappa shape index (κ3) is 6.21. The van der Waals surface area contributed by atoms with Crippen molar-refractivity contribution >= 4 is 11.8 Å². The van der Waals surface area contributed by atoms with Gasteiger partial charge in [0, 0.05) is 5.75 Å². The summed E-state index contributed by atoms with van der Waals surface area (Å²) in [7, 11) is 0. The summed E-state index contributed by atoms with van der Waals surface area (Å²) >= 11 is 1.81. The van der Waals surface area contributed by atoms with Crippen LogP contribution in [-0.2, 0) is 0 Å². The number of hydrogen-bond donors (Lipinski definition) is 1. The lowest BCUT2D eigenvalue weighted by Gasteiger charge is -2.08. The molecule has 1 atom stereocenters. The van der Waals surface area contributed by atoms with E-state index in [0.717, 1.165) is 24.5 Å². The minimum absolute atomic E-state index is 0.0416. The first kappa shape index (κ1) is 10.8. The van der Waals surface area contributed by atoms with Crippen molar-refractivity contribution in [2.24, 2.45) is 0 Å². The molecular weight excluding hydrogens is 156 g/mol. The van der Waals surface area contributed by atoms with E-state index >= 15 is 0 Å². The van der Waals surface area contributed by atoms with Crippen molar-refractivity contribution in [1.29, 1.82) is 5.26 Å². The van der Waals surface area contributed by atoms with Gasteiger partial charge in [-0.25, -0.2) is 0 Å². The molecule has 0 aromatic heterocycles. The van der Waals surface area contributed by atoms with Crippen LogP contribution in [0.2, 0.25) is 0 Å². The van der Waals surface area contributed by atoms with Crippen LogP contribution in [0.5, 0.6) is 0 Å². The van der Waals surface area contributed by atoms with E-state index in [1.165, 1.54) is 0 Å². The van der Waals surface area contributed by atoms with Crippen LogP contribution in [0, 0.1) is 11.3 Å². The van der Waals surface area contributed by atoms with E-state index in [1.807, 2.05) is 0 Å². The summed E-state index contributed by atoms with van der Waals surface area (Å²) in [6.07, 6.45) is 1.09. The first-order chi connectivity index (χ1) is 5.35. The fourth-order valence-electron chi connectivity index (χ4n) is 0.696. The molecule has 0 aromatic rings. The zero-order chi connectivity index (χ0) is 8.53. The fraction of sp³-hybridized carbons (Fsp3) is 0.875. The van der Waals surface area contributed by atoms with Gasteiger partial charge in [-0.05, 0) is 18.7 Å². The van der Waals surface area contributed by atoms with Gasteiger partial charge in [0.2, 0.25) is 0 Å². The zero-order valence-electron chi connectivity index (χ0n) is 7.26. The van der Waals surface area contributed by atoms with Crippen molar-refractivity contribution in [3.05, 3.63) is 0 Å². The maximum atomic E-state index is 8.65. The van der Waals surface area contributed by atoms with E-state index in [1.54, 1.807) is 11.8 Å². The van der Waals surface area contributed by atoms with Gasteiger partial charge in [-0.15, -0.1) is 0 Å². The molecule has 1 unspecified atom stereocenters. The molecule has 0 fully saturated rings. The van der Waals surface area contributed by atoms with Crippen LogP contribution in [0.1, 0.15) is 20.3 Å². The largest absolute Gasteiger partial charge is 0.301 e. The molecular formula is C8H16N2S. The van der Waals surface area contributed by atoms with Crippen LogP contribution in [-0.4, -0.2) is 24.1 Å². The quantitative estimate of drug-likeness (QED) is 0.661. The summed E-state index contributed by atoms with van der Waals surface area (Å²) in [6.45, 7) is 5.16. The molecule has 0 aromatic carbocycles. The molecule has 0 saturated heterocycles. The van der Waals surface area contributed by atoms with E-state index in [-0.39, 0.29) is 6.04 Å². The van der Waals surface area contributed by atoms with Gasteiger partial charge >= 0.3 is 0 Å². The van der Waals surface area contributed by atoms with Gasteiger partial charge in [0.25, 0.3) is 0 Å². The number of rotatable bonds is 6. The smallest absolute Gasteiger partial charge is 0.104 e. The molecule has 0 aliphatic rings. The summed E-state index contributed by atoms with van der Waals surface area (Å²) in [4.78, 5) is 0. The Balaban J connectivity index is 3.35. The standard InChI is InChI=1S/C8H16N2S/c1-3-5-10-8(6-9)7-11-4-2/h8,10H,3-5,7H2,1-2H3. The molecule has 0 aliphatic carbocycles. The van der Waals surface area contributed by atoms with Gasteiger partial charge in [-0.3, -0.25) is 0 Å². The second kappa shape index (κ2) is 7.90. The first-order valence-corrected chi connectivity index (χ1v) is 5.21. The van der Waals surface area contributed by atoms with Crippen LogP contribution in [0.4, 0.5) is 0 Å². The summed E-state index contributed by atoms with van der Waals surface area (Å²) in [5.74, 6) is 2.00. The summed E-state index contributed by atoms with van der Waals surface area (Å²) in [5.41, 5.74) is 0. The van der Waals surface area contributed by atoms with Gasteiger partial charge in [-0.2, -0.15) is 17.0 Å². The average molecular weight is 172 g/mol. The number of hydrogen-bond acceptors (Lipinski definition) is 3. The first-order valence-electron chi connectivity index (χ1n) is 4.05. The molecule has 0 saturated carbocycles. The second-order valence-electron chi connectivity index (χ2n) is 2.30. The molecule has 0 heterocycles. The number of nitrogens with zero attached hydrogens (tertiary/aromatic N) is 1. The Labute approximate surface area is 73.4 Å². The van der Waals surface area contributed by atoms with Crippen LogP contribution >= 0.6 is 11.8 Å². The number of nitriles is 1. The molecule has 0 spiro atoms. The van der Waals surface area contributed by atoms with E-state index in [4.69, 9.17) is 5.26 Å².